The Morgan fingerprint density at radius 1 is 1.08 bits per heavy atom. The first-order valence-corrected chi connectivity index (χ1v) is 7.87. The minimum Gasteiger partial charge on any atom is -0.497 e. The molecule has 0 aliphatic heterocycles. The Hall–Kier alpha value is -2.89. The highest BCUT2D eigenvalue weighted by Crippen LogP contribution is 2.11. The quantitative estimate of drug-likeness (QED) is 0.746. The summed E-state index contributed by atoms with van der Waals surface area (Å²) in [6.45, 7) is 0.0475. The molecule has 0 aliphatic carbocycles. The Bertz CT molecular complexity index is 716. The lowest BCUT2D eigenvalue weighted by Crippen LogP contribution is -2.30. The van der Waals surface area contributed by atoms with Crippen molar-refractivity contribution in [2.45, 2.75) is 12.8 Å². The Kier molecular flexibility index (Phi) is 6.95. The monoisotopic (exact) mass is 345 g/mol. The average Bonchev–Trinajstić information content (AvgIpc) is 2.62. The van der Waals surface area contributed by atoms with E-state index in [-0.39, 0.29) is 18.6 Å². The van der Waals surface area contributed by atoms with Crippen molar-refractivity contribution in [2.75, 3.05) is 20.3 Å². The molecule has 0 radical (unpaired) electrons. The van der Waals surface area contributed by atoms with Crippen LogP contribution in [0.1, 0.15) is 11.1 Å². The number of rotatable bonds is 8. The van der Waals surface area contributed by atoms with Gasteiger partial charge in [-0.25, -0.2) is 4.39 Å². The van der Waals surface area contributed by atoms with Gasteiger partial charge < -0.3 is 14.8 Å². The Morgan fingerprint density at radius 2 is 1.80 bits per heavy atom. The van der Waals surface area contributed by atoms with E-state index in [0.29, 0.717) is 13.0 Å². The maximum absolute atomic E-state index is 13.4. The van der Waals surface area contributed by atoms with E-state index < -0.39 is 17.7 Å². The molecular weight excluding hydrogens is 325 g/mol. The van der Waals surface area contributed by atoms with E-state index in [1.807, 2.05) is 24.3 Å². The maximum Gasteiger partial charge on any atom is 0.310 e. The zero-order chi connectivity index (χ0) is 18.1. The van der Waals surface area contributed by atoms with Crippen molar-refractivity contribution in [3.63, 3.8) is 0 Å². The number of halogens is 1. The standard InChI is InChI=1S/C19H20FNO4/c1-24-16-8-6-14(7-9-16)10-11-21-18(22)13-25-19(23)12-15-4-2-3-5-17(15)20/h2-9H,10-13H2,1H3,(H,21,22). The van der Waals surface area contributed by atoms with Crippen LogP contribution < -0.4 is 10.1 Å². The summed E-state index contributed by atoms with van der Waals surface area (Å²) in [6, 6.07) is 13.5. The fourth-order valence-corrected chi connectivity index (χ4v) is 2.18. The number of carbonyl (C=O) groups is 2. The number of esters is 1. The van der Waals surface area contributed by atoms with Gasteiger partial charge in [-0.15, -0.1) is 0 Å². The largest absolute Gasteiger partial charge is 0.497 e. The van der Waals surface area contributed by atoms with Gasteiger partial charge in [0.05, 0.1) is 13.5 Å². The van der Waals surface area contributed by atoms with Crippen molar-refractivity contribution in [1.82, 2.24) is 5.32 Å². The van der Waals surface area contributed by atoms with Crippen molar-refractivity contribution in [1.29, 1.82) is 0 Å². The van der Waals surface area contributed by atoms with Gasteiger partial charge in [0.2, 0.25) is 0 Å². The molecule has 0 spiro atoms. The summed E-state index contributed by atoms with van der Waals surface area (Å²) in [5, 5.41) is 2.67. The topological polar surface area (TPSA) is 64.6 Å². The van der Waals surface area contributed by atoms with Crippen molar-refractivity contribution < 1.29 is 23.5 Å². The maximum atomic E-state index is 13.4. The summed E-state index contributed by atoms with van der Waals surface area (Å²) in [5.41, 5.74) is 1.30. The number of benzene rings is 2. The molecule has 0 bridgehead atoms. The molecule has 0 saturated heterocycles. The molecule has 25 heavy (non-hydrogen) atoms. The highest BCUT2D eigenvalue weighted by molar-refractivity contribution is 5.81. The lowest BCUT2D eigenvalue weighted by molar-refractivity contribution is -0.147. The summed E-state index contributed by atoms with van der Waals surface area (Å²) in [5.74, 6) is -0.733. The lowest BCUT2D eigenvalue weighted by Gasteiger charge is -2.07. The van der Waals surface area contributed by atoms with Gasteiger partial charge in [0, 0.05) is 6.54 Å². The van der Waals surface area contributed by atoms with Crippen LogP contribution in [0.5, 0.6) is 5.75 Å². The summed E-state index contributed by atoms with van der Waals surface area (Å²) >= 11 is 0. The van der Waals surface area contributed by atoms with Crippen molar-refractivity contribution in [3.05, 3.63) is 65.5 Å². The summed E-state index contributed by atoms with van der Waals surface area (Å²) in [6.07, 6.45) is 0.449. The molecule has 0 unspecified atom stereocenters. The number of hydrogen-bond acceptors (Lipinski definition) is 4. The highest BCUT2D eigenvalue weighted by atomic mass is 19.1. The first-order valence-electron chi connectivity index (χ1n) is 7.87. The van der Waals surface area contributed by atoms with E-state index in [2.05, 4.69) is 5.32 Å². The number of hydrogen-bond donors (Lipinski definition) is 1. The van der Waals surface area contributed by atoms with Crippen LogP contribution in [-0.2, 0) is 27.2 Å². The van der Waals surface area contributed by atoms with Gasteiger partial charge in [0.1, 0.15) is 11.6 Å². The Morgan fingerprint density at radius 3 is 2.48 bits per heavy atom. The second-order valence-corrected chi connectivity index (χ2v) is 5.38. The molecule has 2 aromatic carbocycles. The van der Waals surface area contributed by atoms with Crippen LogP contribution in [0.15, 0.2) is 48.5 Å². The number of carbonyl (C=O) groups excluding carboxylic acids is 2. The van der Waals surface area contributed by atoms with E-state index in [1.54, 1.807) is 19.2 Å². The van der Waals surface area contributed by atoms with Gasteiger partial charge in [-0.2, -0.15) is 0 Å². The van der Waals surface area contributed by atoms with E-state index in [1.165, 1.54) is 12.1 Å². The summed E-state index contributed by atoms with van der Waals surface area (Å²) in [7, 11) is 1.60. The molecule has 2 aromatic rings. The minimum atomic E-state index is -0.643. The zero-order valence-electron chi connectivity index (χ0n) is 14.0. The van der Waals surface area contributed by atoms with Crippen molar-refractivity contribution in [3.8, 4) is 5.75 Å². The second kappa shape index (κ2) is 9.42. The highest BCUT2D eigenvalue weighted by Gasteiger charge is 2.11. The predicted molar refractivity (Wildman–Crippen MR) is 90.8 cm³/mol. The first kappa shape index (κ1) is 18.4. The van der Waals surface area contributed by atoms with Gasteiger partial charge in [0.25, 0.3) is 5.91 Å². The Balaban J connectivity index is 1.66. The SMILES string of the molecule is COc1ccc(CCNC(=O)COC(=O)Cc2ccccc2F)cc1. The summed E-state index contributed by atoms with van der Waals surface area (Å²) in [4.78, 5) is 23.3. The summed E-state index contributed by atoms with van der Waals surface area (Å²) < 4.78 is 23.4. The molecule has 6 heteroatoms. The molecule has 0 atom stereocenters. The van der Waals surface area contributed by atoms with Gasteiger partial charge in [-0.3, -0.25) is 9.59 Å². The average molecular weight is 345 g/mol. The van der Waals surface area contributed by atoms with E-state index in [4.69, 9.17) is 9.47 Å². The van der Waals surface area contributed by atoms with Gasteiger partial charge in [0.15, 0.2) is 6.61 Å². The van der Waals surface area contributed by atoms with Crippen LogP contribution in [0.4, 0.5) is 4.39 Å². The van der Waals surface area contributed by atoms with Crippen molar-refractivity contribution in [2.24, 2.45) is 0 Å². The minimum absolute atomic E-state index is 0.203. The molecule has 132 valence electrons. The first-order chi connectivity index (χ1) is 12.1. The normalized spacial score (nSPS) is 10.2. The van der Waals surface area contributed by atoms with Crippen LogP contribution in [0, 0.1) is 5.82 Å². The van der Waals surface area contributed by atoms with Crippen LogP contribution in [0.3, 0.4) is 0 Å². The van der Waals surface area contributed by atoms with Crippen LogP contribution >= 0.6 is 0 Å². The molecule has 0 aromatic heterocycles. The third-order valence-corrected chi connectivity index (χ3v) is 3.55. The molecule has 0 saturated carbocycles. The van der Waals surface area contributed by atoms with Crippen molar-refractivity contribution >= 4 is 11.9 Å². The second-order valence-electron chi connectivity index (χ2n) is 5.38. The third kappa shape index (κ3) is 6.25. The van der Waals surface area contributed by atoms with Gasteiger partial charge >= 0.3 is 5.97 Å². The van der Waals surface area contributed by atoms with E-state index in [9.17, 15) is 14.0 Å². The molecule has 1 N–H and O–H groups in total. The molecule has 1 amide bonds. The smallest absolute Gasteiger partial charge is 0.310 e. The molecule has 5 nitrogen and oxygen atoms in total. The lowest BCUT2D eigenvalue weighted by atomic mass is 10.1. The zero-order valence-corrected chi connectivity index (χ0v) is 14.0. The number of methoxy groups -OCH3 is 1. The number of nitrogens with one attached hydrogen (secondary N) is 1. The molecule has 2 rings (SSSR count). The molecule has 0 fully saturated rings. The number of ether oxygens (including phenoxy) is 2. The van der Waals surface area contributed by atoms with Gasteiger partial charge in [-0.05, 0) is 35.7 Å². The fourth-order valence-electron chi connectivity index (χ4n) is 2.18. The van der Waals surface area contributed by atoms with Gasteiger partial charge in [-0.1, -0.05) is 30.3 Å². The van der Waals surface area contributed by atoms with E-state index in [0.717, 1.165) is 11.3 Å². The van der Waals surface area contributed by atoms with E-state index >= 15 is 0 Å². The third-order valence-electron chi connectivity index (χ3n) is 3.55. The Labute approximate surface area is 145 Å². The van der Waals surface area contributed by atoms with Crippen LogP contribution in [0.25, 0.3) is 0 Å². The van der Waals surface area contributed by atoms with Crippen LogP contribution in [-0.4, -0.2) is 32.1 Å². The molecule has 0 aliphatic rings. The molecular formula is C19H20FNO4. The molecule has 0 heterocycles. The predicted octanol–water partition coefficient (Wildman–Crippen LogP) is 2.28. The number of amides is 1. The fraction of sp³-hybridized carbons (Fsp3) is 0.263. The van der Waals surface area contributed by atoms with Crippen LogP contribution in [0.2, 0.25) is 0 Å².